The molecule has 2 fully saturated rings. The molecular formula is C18H27FN4O4S. The number of nitrogens with zero attached hydrogens (tertiary/aromatic N) is 2. The Morgan fingerprint density at radius 2 is 1.82 bits per heavy atom. The molecule has 0 saturated carbocycles. The zero-order chi connectivity index (χ0) is 20.5. The van der Waals surface area contributed by atoms with Gasteiger partial charge in [0.1, 0.15) is 5.82 Å². The van der Waals surface area contributed by atoms with Crippen LogP contribution in [0.3, 0.4) is 0 Å². The molecule has 3 N–H and O–H groups in total. The fraction of sp³-hybridized carbons (Fsp3) is 0.611. The third-order valence-electron chi connectivity index (χ3n) is 5.15. The largest absolute Gasteiger partial charge is 0.372 e. The average molecular weight is 415 g/mol. The van der Waals surface area contributed by atoms with E-state index in [0.717, 1.165) is 0 Å². The van der Waals surface area contributed by atoms with Gasteiger partial charge in [-0.15, -0.1) is 0 Å². The van der Waals surface area contributed by atoms with Crippen molar-refractivity contribution in [2.75, 3.05) is 36.4 Å². The van der Waals surface area contributed by atoms with Crippen LogP contribution < -0.4 is 15.4 Å². The van der Waals surface area contributed by atoms with Crippen LogP contribution in [0.25, 0.3) is 0 Å². The number of nitrogens with one attached hydrogen (secondary N) is 1. The summed E-state index contributed by atoms with van der Waals surface area (Å²) in [4.78, 5) is 15.8. The lowest BCUT2D eigenvalue weighted by molar-refractivity contribution is -0.00539. The number of piperidine rings is 1. The summed E-state index contributed by atoms with van der Waals surface area (Å²) in [6.07, 6.45) is 0.630. The summed E-state index contributed by atoms with van der Waals surface area (Å²) in [6, 6.07) is 4.24. The van der Waals surface area contributed by atoms with Crippen molar-refractivity contribution in [1.29, 1.82) is 0 Å². The van der Waals surface area contributed by atoms with E-state index in [1.807, 2.05) is 18.7 Å². The van der Waals surface area contributed by atoms with Gasteiger partial charge in [-0.05, 0) is 44.9 Å². The van der Waals surface area contributed by atoms with E-state index in [2.05, 4.69) is 5.32 Å². The molecule has 0 aliphatic carbocycles. The maximum Gasteiger partial charge on any atom is 0.321 e. The van der Waals surface area contributed by atoms with Crippen LogP contribution in [-0.2, 0) is 14.8 Å². The number of carbonyl (C=O) groups is 1. The molecule has 2 heterocycles. The first kappa shape index (κ1) is 20.8. The number of likely N-dealkylation sites (tertiary alicyclic amines) is 1. The number of urea groups is 1. The van der Waals surface area contributed by atoms with Gasteiger partial charge < -0.3 is 19.9 Å². The number of primary sulfonamides is 1. The first-order valence-electron chi connectivity index (χ1n) is 9.41. The summed E-state index contributed by atoms with van der Waals surface area (Å²) in [7, 11) is -3.58. The van der Waals surface area contributed by atoms with E-state index in [1.165, 1.54) is 11.0 Å². The number of hydrogen-bond acceptors (Lipinski definition) is 5. The van der Waals surface area contributed by atoms with Crippen molar-refractivity contribution in [3.05, 3.63) is 24.0 Å². The molecule has 2 atom stereocenters. The van der Waals surface area contributed by atoms with E-state index in [4.69, 9.17) is 9.88 Å². The van der Waals surface area contributed by atoms with Crippen molar-refractivity contribution in [1.82, 2.24) is 4.90 Å². The normalized spacial score (nSPS) is 24.3. The predicted molar refractivity (Wildman–Crippen MR) is 105 cm³/mol. The molecule has 8 nitrogen and oxygen atoms in total. The Balaban J connectivity index is 1.61. The van der Waals surface area contributed by atoms with Crippen LogP contribution in [0.2, 0.25) is 0 Å². The van der Waals surface area contributed by atoms with Gasteiger partial charge in [0.15, 0.2) is 0 Å². The second-order valence-corrected chi connectivity index (χ2v) is 9.38. The van der Waals surface area contributed by atoms with Gasteiger partial charge in [-0.2, -0.15) is 0 Å². The molecule has 0 aromatic heterocycles. The standard InChI is InChI=1S/C18H27FN4O4S/c1-12-10-23(11-13(2)27-12)17-4-3-14(9-16(17)19)21-18(24)22-7-5-15(6-8-22)28(20,25)26/h3-4,9,12-13,15H,5-8,10-11H2,1-2H3,(H,21,24)(H2,20,25,26)/t12-,13+. The van der Waals surface area contributed by atoms with Gasteiger partial charge in [0.05, 0.1) is 23.1 Å². The van der Waals surface area contributed by atoms with Crippen LogP contribution >= 0.6 is 0 Å². The molecular weight excluding hydrogens is 387 g/mol. The highest BCUT2D eigenvalue weighted by atomic mass is 32.2. The number of halogens is 1. The van der Waals surface area contributed by atoms with Crippen LogP contribution in [0.5, 0.6) is 0 Å². The van der Waals surface area contributed by atoms with Crippen molar-refractivity contribution >= 4 is 27.4 Å². The molecule has 2 aliphatic rings. The Morgan fingerprint density at radius 1 is 1.21 bits per heavy atom. The van der Waals surface area contributed by atoms with Crippen LogP contribution in [0.4, 0.5) is 20.6 Å². The number of nitrogens with two attached hydrogens (primary N) is 1. The topological polar surface area (TPSA) is 105 Å². The second-order valence-electron chi connectivity index (χ2n) is 7.53. The van der Waals surface area contributed by atoms with Crippen LogP contribution in [0.1, 0.15) is 26.7 Å². The lowest BCUT2D eigenvalue weighted by Gasteiger charge is -2.37. The van der Waals surface area contributed by atoms with Crippen LogP contribution in [-0.4, -0.2) is 63.0 Å². The van der Waals surface area contributed by atoms with E-state index in [-0.39, 0.29) is 31.3 Å². The fourth-order valence-corrected chi connectivity index (χ4v) is 4.67. The molecule has 10 heteroatoms. The van der Waals surface area contributed by atoms with Gasteiger partial charge in [0.25, 0.3) is 0 Å². The SMILES string of the molecule is C[C@@H]1CN(c2ccc(NC(=O)N3CCC(S(N)(=O)=O)CC3)cc2F)C[C@H](C)O1. The molecule has 3 rings (SSSR count). The number of sulfonamides is 1. The van der Waals surface area contributed by atoms with E-state index in [0.29, 0.717) is 37.3 Å². The minimum absolute atomic E-state index is 0.0165. The van der Waals surface area contributed by atoms with Crippen LogP contribution in [0, 0.1) is 5.82 Å². The van der Waals surface area contributed by atoms with E-state index in [9.17, 15) is 17.6 Å². The number of carbonyl (C=O) groups excluding carboxylic acids is 1. The first-order chi connectivity index (χ1) is 13.1. The lowest BCUT2D eigenvalue weighted by Crippen LogP contribution is -2.46. The van der Waals surface area contributed by atoms with Crippen molar-refractivity contribution < 1.29 is 22.3 Å². The molecule has 2 saturated heterocycles. The molecule has 156 valence electrons. The zero-order valence-electron chi connectivity index (χ0n) is 16.1. The smallest absolute Gasteiger partial charge is 0.321 e. The summed E-state index contributed by atoms with van der Waals surface area (Å²) in [5, 5.41) is 7.22. The Hall–Kier alpha value is -1.91. The summed E-state index contributed by atoms with van der Waals surface area (Å²) < 4.78 is 43.1. The quantitative estimate of drug-likeness (QED) is 0.784. The third-order valence-corrected chi connectivity index (χ3v) is 6.55. The van der Waals surface area contributed by atoms with Gasteiger partial charge in [-0.3, -0.25) is 0 Å². The van der Waals surface area contributed by atoms with E-state index < -0.39 is 21.1 Å². The molecule has 1 aromatic carbocycles. The summed E-state index contributed by atoms with van der Waals surface area (Å²) >= 11 is 0. The number of rotatable bonds is 3. The Bertz CT molecular complexity index is 817. The highest BCUT2D eigenvalue weighted by Crippen LogP contribution is 2.26. The maximum atomic E-state index is 14.6. The summed E-state index contributed by atoms with van der Waals surface area (Å²) in [5.41, 5.74) is 0.836. The minimum Gasteiger partial charge on any atom is -0.372 e. The number of hydrogen-bond donors (Lipinski definition) is 2. The van der Waals surface area contributed by atoms with E-state index in [1.54, 1.807) is 12.1 Å². The number of benzene rings is 1. The monoisotopic (exact) mass is 414 g/mol. The lowest BCUT2D eigenvalue weighted by atomic mass is 10.1. The van der Waals surface area contributed by atoms with E-state index >= 15 is 0 Å². The summed E-state index contributed by atoms with van der Waals surface area (Å²) in [5.74, 6) is -0.410. The number of amides is 2. The Kier molecular flexibility index (Phi) is 6.11. The molecule has 0 spiro atoms. The van der Waals surface area contributed by atoms with Crippen molar-refractivity contribution in [2.45, 2.75) is 44.1 Å². The molecule has 1 aromatic rings. The van der Waals surface area contributed by atoms with Crippen LogP contribution in [0.15, 0.2) is 18.2 Å². The van der Waals surface area contributed by atoms with Crippen molar-refractivity contribution in [2.24, 2.45) is 5.14 Å². The molecule has 0 unspecified atom stereocenters. The van der Waals surface area contributed by atoms with Gasteiger partial charge in [0, 0.05) is 31.9 Å². The highest BCUT2D eigenvalue weighted by Gasteiger charge is 2.29. The molecule has 2 amide bonds. The van der Waals surface area contributed by atoms with Gasteiger partial charge >= 0.3 is 6.03 Å². The minimum atomic E-state index is -3.58. The van der Waals surface area contributed by atoms with Crippen molar-refractivity contribution in [3.8, 4) is 0 Å². The molecule has 28 heavy (non-hydrogen) atoms. The molecule has 2 aliphatic heterocycles. The average Bonchev–Trinajstić information content (AvgIpc) is 2.60. The molecule has 0 radical (unpaired) electrons. The van der Waals surface area contributed by atoms with Crippen molar-refractivity contribution in [3.63, 3.8) is 0 Å². The fourth-order valence-electron chi connectivity index (χ4n) is 3.81. The second kappa shape index (κ2) is 8.22. The maximum absolute atomic E-state index is 14.6. The van der Waals surface area contributed by atoms with Gasteiger partial charge in [-0.1, -0.05) is 0 Å². The first-order valence-corrected chi connectivity index (χ1v) is 11.0. The molecule has 0 bridgehead atoms. The third kappa shape index (κ3) is 4.92. The Morgan fingerprint density at radius 3 is 2.36 bits per heavy atom. The Labute approximate surface area is 164 Å². The predicted octanol–water partition coefficient (Wildman–Crippen LogP) is 1.72. The van der Waals surface area contributed by atoms with Gasteiger partial charge in [-0.25, -0.2) is 22.7 Å². The number of anilines is 2. The zero-order valence-corrected chi connectivity index (χ0v) is 16.9. The number of ether oxygens (including phenoxy) is 1. The summed E-state index contributed by atoms with van der Waals surface area (Å²) in [6.45, 7) is 5.69. The number of morpholine rings is 1. The highest BCUT2D eigenvalue weighted by molar-refractivity contribution is 7.89. The van der Waals surface area contributed by atoms with Gasteiger partial charge in [0.2, 0.25) is 10.0 Å².